The van der Waals surface area contributed by atoms with E-state index in [-0.39, 0.29) is 0 Å². The van der Waals surface area contributed by atoms with Gasteiger partial charge in [0.05, 0.1) is 5.41 Å². The first-order valence-corrected chi connectivity index (χ1v) is 18.6. The van der Waals surface area contributed by atoms with E-state index in [1.165, 1.54) is 53.6 Å². The summed E-state index contributed by atoms with van der Waals surface area (Å²) in [4.78, 5) is 0. The molecule has 10 aromatic rings. The van der Waals surface area contributed by atoms with Crippen LogP contribution in [0.4, 0.5) is 0 Å². The van der Waals surface area contributed by atoms with Crippen LogP contribution in [-0.2, 0) is 5.41 Å². The average molecular weight is 681 g/mol. The molecule has 0 amide bonds. The number of rotatable bonds is 2. The van der Waals surface area contributed by atoms with Crippen LogP contribution >= 0.6 is 11.3 Å². The summed E-state index contributed by atoms with van der Waals surface area (Å²) in [5, 5.41) is 4.85. The summed E-state index contributed by atoms with van der Waals surface area (Å²) in [5.74, 6) is 1.78. The monoisotopic (exact) mass is 680 g/mol. The second-order valence-electron chi connectivity index (χ2n) is 14.0. The largest absolute Gasteiger partial charge is 0.457 e. The first-order valence-electron chi connectivity index (χ1n) is 17.7. The third kappa shape index (κ3) is 3.68. The SMILES string of the molecule is c1ccc2c(c1)Oc1cc(-c3ccc4c(c3)oc3cc(-c5cccc6sc7ccccc7c56)ccc34)ccc1C21c2ccccc2-c2ccccc21. The predicted molar refractivity (Wildman–Crippen MR) is 215 cm³/mol. The molecule has 0 N–H and O–H groups in total. The van der Waals surface area contributed by atoms with Gasteiger partial charge in [-0.2, -0.15) is 0 Å². The Morgan fingerprint density at radius 1 is 0.385 bits per heavy atom. The van der Waals surface area contributed by atoms with Gasteiger partial charge in [-0.15, -0.1) is 11.3 Å². The van der Waals surface area contributed by atoms with Crippen molar-refractivity contribution < 1.29 is 9.15 Å². The molecular weight excluding hydrogens is 653 g/mol. The van der Waals surface area contributed by atoms with Gasteiger partial charge in [-0.1, -0.05) is 121 Å². The lowest BCUT2D eigenvalue weighted by Gasteiger charge is -2.39. The fraction of sp³-hybridized carbons (Fsp3) is 0.0204. The van der Waals surface area contributed by atoms with Gasteiger partial charge in [0.1, 0.15) is 22.7 Å². The second kappa shape index (κ2) is 10.3. The van der Waals surface area contributed by atoms with Gasteiger partial charge in [-0.05, 0) is 93.0 Å². The van der Waals surface area contributed by atoms with E-state index in [2.05, 4.69) is 170 Å². The van der Waals surface area contributed by atoms with Crippen LogP contribution in [0.3, 0.4) is 0 Å². The fourth-order valence-corrected chi connectivity index (χ4v) is 10.3. The van der Waals surface area contributed by atoms with Gasteiger partial charge in [0.15, 0.2) is 0 Å². The summed E-state index contributed by atoms with van der Waals surface area (Å²) in [6.07, 6.45) is 0. The van der Waals surface area contributed by atoms with E-state index >= 15 is 0 Å². The van der Waals surface area contributed by atoms with Gasteiger partial charge < -0.3 is 9.15 Å². The minimum absolute atomic E-state index is 0.462. The van der Waals surface area contributed by atoms with Crippen LogP contribution in [0.25, 0.3) is 75.5 Å². The first-order chi connectivity index (χ1) is 25.8. The van der Waals surface area contributed by atoms with Crippen LogP contribution in [0.1, 0.15) is 22.3 Å². The quantitative estimate of drug-likeness (QED) is 0.181. The third-order valence-electron chi connectivity index (χ3n) is 11.4. The Labute approximate surface area is 303 Å². The van der Waals surface area contributed by atoms with E-state index in [1.54, 1.807) is 0 Å². The van der Waals surface area contributed by atoms with Crippen LogP contribution in [0.2, 0.25) is 0 Å². The highest BCUT2D eigenvalue weighted by molar-refractivity contribution is 7.25. The fourth-order valence-electron chi connectivity index (χ4n) is 9.18. The summed E-state index contributed by atoms with van der Waals surface area (Å²) in [5.41, 5.74) is 13.4. The summed E-state index contributed by atoms with van der Waals surface area (Å²) in [7, 11) is 0. The maximum absolute atomic E-state index is 6.78. The third-order valence-corrected chi connectivity index (χ3v) is 12.5. The molecule has 0 atom stereocenters. The summed E-state index contributed by atoms with van der Waals surface area (Å²) in [6, 6.07) is 61.5. The molecule has 0 radical (unpaired) electrons. The molecule has 2 aromatic heterocycles. The molecule has 2 aliphatic rings. The van der Waals surface area contributed by atoms with E-state index < -0.39 is 5.41 Å². The Bertz CT molecular complexity index is 3080. The molecule has 1 aliphatic carbocycles. The number of ether oxygens (including phenoxy) is 1. The number of para-hydroxylation sites is 1. The number of furan rings is 1. The molecule has 0 unspecified atom stereocenters. The smallest absolute Gasteiger partial charge is 0.136 e. The molecule has 0 saturated carbocycles. The highest BCUT2D eigenvalue weighted by Crippen LogP contribution is 2.62. The zero-order chi connectivity index (χ0) is 34.0. The van der Waals surface area contributed by atoms with E-state index in [1.807, 2.05) is 11.3 Å². The summed E-state index contributed by atoms with van der Waals surface area (Å²) < 4.78 is 16.0. The summed E-state index contributed by atoms with van der Waals surface area (Å²) in [6.45, 7) is 0. The Balaban J connectivity index is 0.997. The molecule has 2 nitrogen and oxygen atoms in total. The van der Waals surface area contributed by atoms with Crippen LogP contribution in [0.15, 0.2) is 174 Å². The lowest BCUT2D eigenvalue weighted by atomic mass is 9.66. The molecule has 52 heavy (non-hydrogen) atoms. The number of thiophene rings is 1. The van der Waals surface area contributed by atoms with Crippen molar-refractivity contribution in [2.45, 2.75) is 5.41 Å². The van der Waals surface area contributed by atoms with Gasteiger partial charge in [-0.3, -0.25) is 0 Å². The maximum atomic E-state index is 6.78. The van der Waals surface area contributed by atoms with Crippen LogP contribution in [-0.4, -0.2) is 0 Å². The van der Waals surface area contributed by atoms with Crippen molar-refractivity contribution in [1.29, 1.82) is 0 Å². The average Bonchev–Trinajstić information content (AvgIpc) is 3.86. The second-order valence-corrected chi connectivity index (χ2v) is 15.0. The van der Waals surface area contributed by atoms with Gasteiger partial charge in [0.2, 0.25) is 0 Å². The molecule has 3 heterocycles. The topological polar surface area (TPSA) is 22.4 Å². The van der Waals surface area contributed by atoms with Gasteiger partial charge in [-0.25, -0.2) is 0 Å². The van der Waals surface area contributed by atoms with E-state index in [0.717, 1.165) is 55.7 Å². The first kappa shape index (κ1) is 28.3. The zero-order valence-electron chi connectivity index (χ0n) is 27.9. The molecule has 1 spiro atoms. The molecule has 0 fully saturated rings. The number of hydrogen-bond donors (Lipinski definition) is 0. The molecule has 3 heteroatoms. The van der Waals surface area contributed by atoms with E-state index in [9.17, 15) is 0 Å². The van der Waals surface area contributed by atoms with Crippen molar-refractivity contribution >= 4 is 53.4 Å². The standard InChI is InChI=1S/C49H28O2S/c1-4-14-38-33(10-1)34-11-2-5-15-39(34)49(38)40-16-6-7-17-42(40)50-45-27-30(22-25-41(45)49)29-20-23-35-36-24-21-31(28-44(36)51-43(35)26-29)32-13-9-19-47-48(32)37-12-3-8-18-46(37)52-47/h1-28H. The van der Waals surface area contributed by atoms with Crippen molar-refractivity contribution in [1.82, 2.24) is 0 Å². The van der Waals surface area contributed by atoms with Crippen LogP contribution in [0.5, 0.6) is 11.5 Å². The highest BCUT2D eigenvalue weighted by Gasteiger charge is 2.50. The number of benzene rings is 8. The molecule has 1 aliphatic heterocycles. The molecular formula is C49H28O2S. The number of hydrogen-bond acceptors (Lipinski definition) is 3. The molecule has 12 rings (SSSR count). The lowest BCUT2D eigenvalue weighted by Crippen LogP contribution is -2.32. The zero-order valence-corrected chi connectivity index (χ0v) is 28.7. The predicted octanol–water partition coefficient (Wildman–Crippen LogP) is 13.8. The number of fused-ring (bicyclic) bond motifs is 15. The van der Waals surface area contributed by atoms with Crippen LogP contribution < -0.4 is 4.74 Å². The maximum Gasteiger partial charge on any atom is 0.136 e. The Morgan fingerprint density at radius 2 is 0.962 bits per heavy atom. The van der Waals surface area contributed by atoms with Gasteiger partial charge in [0, 0.05) is 42.1 Å². The van der Waals surface area contributed by atoms with Gasteiger partial charge in [0.25, 0.3) is 0 Å². The van der Waals surface area contributed by atoms with Crippen molar-refractivity contribution in [2.75, 3.05) is 0 Å². The highest BCUT2D eigenvalue weighted by atomic mass is 32.1. The van der Waals surface area contributed by atoms with Crippen molar-refractivity contribution in [3.8, 4) is 44.9 Å². The lowest BCUT2D eigenvalue weighted by molar-refractivity contribution is 0.436. The van der Waals surface area contributed by atoms with Crippen molar-refractivity contribution in [3.63, 3.8) is 0 Å². The van der Waals surface area contributed by atoms with Crippen LogP contribution in [0, 0.1) is 0 Å². The van der Waals surface area contributed by atoms with Crippen molar-refractivity contribution in [3.05, 3.63) is 192 Å². The Morgan fingerprint density at radius 3 is 1.77 bits per heavy atom. The molecule has 0 saturated heterocycles. The van der Waals surface area contributed by atoms with E-state index in [4.69, 9.17) is 9.15 Å². The molecule has 8 aromatic carbocycles. The summed E-state index contributed by atoms with van der Waals surface area (Å²) >= 11 is 1.85. The minimum Gasteiger partial charge on any atom is -0.457 e. The molecule has 0 bridgehead atoms. The Kier molecular flexibility index (Phi) is 5.62. The Hall–Kier alpha value is -6.42. The van der Waals surface area contributed by atoms with E-state index in [0.29, 0.717) is 0 Å². The van der Waals surface area contributed by atoms with Crippen molar-refractivity contribution in [2.24, 2.45) is 0 Å². The van der Waals surface area contributed by atoms with Gasteiger partial charge >= 0.3 is 0 Å². The minimum atomic E-state index is -0.462. The normalized spacial score (nSPS) is 13.7. The molecule has 242 valence electrons.